The Morgan fingerprint density at radius 1 is 0.795 bits per heavy atom. The van der Waals surface area contributed by atoms with Gasteiger partial charge in [-0.05, 0) is 86.3 Å². The molecule has 0 spiro atoms. The molecule has 44 heavy (non-hydrogen) atoms. The molecule has 0 saturated carbocycles. The van der Waals surface area contributed by atoms with Crippen molar-refractivity contribution in [3.63, 3.8) is 0 Å². The number of nitrogens with one attached hydrogen (secondary N) is 1. The second-order valence-electron chi connectivity index (χ2n) is 11.1. The molecule has 0 aliphatic rings. The highest BCUT2D eigenvalue weighted by Gasteiger charge is 2.34. The fourth-order valence-corrected chi connectivity index (χ4v) is 6.54. The quantitative estimate of drug-likeness (QED) is 0.188. The minimum Gasteiger partial charge on any atom is -0.352 e. The van der Waals surface area contributed by atoms with Crippen molar-refractivity contribution in [1.29, 1.82) is 0 Å². The van der Waals surface area contributed by atoms with Gasteiger partial charge in [0, 0.05) is 23.5 Å². The van der Waals surface area contributed by atoms with Crippen LogP contribution in [-0.4, -0.2) is 43.8 Å². The van der Waals surface area contributed by atoms with E-state index < -0.39 is 28.5 Å². The Labute approximate surface area is 269 Å². The molecule has 4 aromatic carbocycles. The Balaban J connectivity index is 1.81. The maximum absolute atomic E-state index is 14.5. The zero-order chi connectivity index (χ0) is 31.9. The standard InChI is InChI=1S/C35H38BrN3O4S/c1-25(2)37-35(41)33(22-28-11-7-5-8-12-28)38(23-29-16-18-30(36)19-17-29)34(40)24-39(31-20-15-26(3)27(4)21-31)44(42,43)32-13-9-6-10-14-32/h5-21,25,33H,22-24H2,1-4H3,(H,37,41). The molecule has 2 amide bonds. The van der Waals surface area contributed by atoms with Gasteiger partial charge in [0.2, 0.25) is 11.8 Å². The fraction of sp³-hybridized carbons (Fsp3) is 0.257. The van der Waals surface area contributed by atoms with Crippen molar-refractivity contribution in [3.8, 4) is 0 Å². The van der Waals surface area contributed by atoms with Crippen molar-refractivity contribution < 1.29 is 18.0 Å². The summed E-state index contributed by atoms with van der Waals surface area (Å²) >= 11 is 3.46. The monoisotopic (exact) mass is 675 g/mol. The molecule has 1 N–H and O–H groups in total. The van der Waals surface area contributed by atoms with E-state index in [1.54, 1.807) is 30.3 Å². The lowest BCUT2D eigenvalue weighted by molar-refractivity contribution is -0.140. The first-order valence-electron chi connectivity index (χ1n) is 14.5. The molecule has 230 valence electrons. The van der Waals surface area contributed by atoms with Crippen LogP contribution in [0.3, 0.4) is 0 Å². The summed E-state index contributed by atoms with van der Waals surface area (Å²) in [5.74, 6) is -0.802. The molecule has 0 fully saturated rings. The molecular weight excluding hydrogens is 638 g/mol. The maximum Gasteiger partial charge on any atom is 0.264 e. The average molecular weight is 677 g/mol. The number of hydrogen-bond acceptors (Lipinski definition) is 4. The number of halogens is 1. The third-order valence-electron chi connectivity index (χ3n) is 7.36. The van der Waals surface area contributed by atoms with E-state index in [9.17, 15) is 18.0 Å². The summed E-state index contributed by atoms with van der Waals surface area (Å²) in [6.07, 6.45) is 0.261. The van der Waals surface area contributed by atoms with E-state index in [-0.39, 0.29) is 29.8 Å². The van der Waals surface area contributed by atoms with Crippen LogP contribution in [0.2, 0.25) is 0 Å². The van der Waals surface area contributed by atoms with Crippen LogP contribution >= 0.6 is 15.9 Å². The van der Waals surface area contributed by atoms with E-state index in [0.717, 1.165) is 31.0 Å². The molecule has 0 saturated heterocycles. The number of hydrogen-bond donors (Lipinski definition) is 1. The molecule has 9 heteroatoms. The summed E-state index contributed by atoms with van der Waals surface area (Å²) in [6, 6.07) is 29.4. The van der Waals surface area contributed by atoms with Crippen LogP contribution in [0.4, 0.5) is 5.69 Å². The van der Waals surface area contributed by atoms with E-state index in [2.05, 4.69) is 21.2 Å². The molecule has 1 unspecified atom stereocenters. The second-order valence-corrected chi connectivity index (χ2v) is 13.9. The Morgan fingerprint density at radius 2 is 1.41 bits per heavy atom. The van der Waals surface area contributed by atoms with E-state index in [1.807, 2.05) is 88.4 Å². The zero-order valence-corrected chi connectivity index (χ0v) is 27.8. The summed E-state index contributed by atoms with van der Waals surface area (Å²) in [6.45, 7) is 7.21. The molecule has 0 bridgehead atoms. The van der Waals surface area contributed by atoms with Gasteiger partial charge in [0.25, 0.3) is 10.0 Å². The Hall–Kier alpha value is -3.95. The van der Waals surface area contributed by atoms with E-state index in [0.29, 0.717) is 5.69 Å². The minimum atomic E-state index is -4.14. The van der Waals surface area contributed by atoms with Crippen LogP contribution in [0.1, 0.15) is 36.1 Å². The Morgan fingerprint density at radius 3 is 2.00 bits per heavy atom. The number of sulfonamides is 1. The van der Waals surface area contributed by atoms with E-state index in [1.165, 1.54) is 17.0 Å². The van der Waals surface area contributed by atoms with Gasteiger partial charge >= 0.3 is 0 Å². The molecule has 0 radical (unpaired) electrons. The third-order valence-corrected chi connectivity index (χ3v) is 9.67. The molecule has 4 rings (SSSR count). The fourth-order valence-electron chi connectivity index (χ4n) is 4.85. The summed E-state index contributed by atoms with van der Waals surface area (Å²) in [7, 11) is -4.14. The maximum atomic E-state index is 14.5. The molecule has 4 aromatic rings. The number of amides is 2. The number of carbonyl (C=O) groups is 2. The van der Waals surface area contributed by atoms with Gasteiger partial charge in [0.05, 0.1) is 10.6 Å². The number of rotatable bonds is 12. The largest absolute Gasteiger partial charge is 0.352 e. The number of benzene rings is 4. The first-order valence-corrected chi connectivity index (χ1v) is 16.7. The van der Waals surface area contributed by atoms with E-state index in [4.69, 9.17) is 0 Å². The van der Waals surface area contributed by atoms with Crippen molar-refractivity contribution in [2.75, 3.05) is 10.8 Å². The van der Waals surface area contributed by atoms with Gasteiger partial charge in [0.15, 0.2) is 0 Å². The summed E-state index contributed by atoms with van der Waals surface area (Å²) in [5.41, 5.74) is 3.96. The van der Waals surface area contributed by atoms with Gasteiger partial charge in [0.1, 0.15) is 12.6 Å². The third kappa shape index (κ3) is 8.36. The molecule has 0 heterocycles. The van der Waals surface area contributed by atoms with Crippen LogP contribution < -0.4 is 9.62 Å². The van der Waals surface area contributed by atoms with Gasteiger partial charge in [-0.1, -0.05) is 82.7 Å². The van der Waals surface area contributed by atoms with Gasteiger partial charge in [-0.3, -0.25) is 13.9 Å². The van der Waals surface area contributed by atoms with Crippen molar-refractivity contribution in [2.45, 2.75) is 57.6 Å². The molecule has 0 aliphatic carbocycles. The van der Waals surface area contributed by atoms with Gasteiger partial charge in [-0.25, -0.2) is 8.42 Å². The Kier molecular flexibility index (Phi) is 11.0. The number of anilines is 1. The van der Waals surface area contributed by atoms with Crippen LogP contribution in [0.15, 0.2) is 112 Å². The highest BCUT2D eigenvalue weighted by atomic mass is 79.9. The molecular formula is C35H38BrN3O4S. The van der Waals surface area contributed by atoms with Crippen molar-refractivity contribution in [3.05, 3.63) is 130 Å². The van der Waals surface area contributed by atoms with Crippen LogP contribution in [0.5, 0.6) is 0 Å². The SMILES string of the molecule is Cc1ccc(N(CC(=O)N(Cc2ccc(Br)cc2)C(Cc2ccccc2)C(=O)NC(C)C)S(=O)(=O)c2ccccc2)cc1C. The highest BCUT2D eigenvalue weighted by Crippen LogP contribution is 2.27. The molecule has 7 nitrogen and oxygen atoms in total. The summed E-state index contributed by atoms with van der Waals surface area (Å²) in [5, 5.41) is 2.98. The first kappa shape index (κ1) is 33.0. The summed E-state index contributed by atoms with van der Waals surface area (Å²) in [4.78, 5) is 29.8. The smallest absolute Gasteiger partial charge is 0.264 e. The predicted molar refractivity (Wildman–Crippen MR) is 179 cm³/mol. The van der Waals surface area contributed by atoms with Gasteiger partial charge in [-0.2, -0.15) is 0 Å². The highest BCUT2D eigenvalue weighted by molar-refractivity contribution is 9.10. The Bertz CT molecular complexity index is 1680. The lowest BCUT2D eigenvalue weighted by atomic mass is 10.0. The number of carbonyl (C=O) groups excluding carboxylic acids is 2. The van der Waals surface area contributed by atoms with Crippen molar-refractivity contribution in [1.82, 2.24) is 10.2 Å². The van der Waals surface area contributed by atoms with Crippen molar-refractivity contribution in [2.24, 2.45) is 0 Å². The molecule has 0 aliphatic heterocycles. The number of nitrogens with zero attached hydrogens (tertiary/aromatic N) is 2. The van der Waals surface area contributed by atoms with E-state index >= 15 is 0 Å². The molecule has 1 atom stereocenters. The van der Waals surface area contributed by atoms with Gasteiger partial charge in [-0.15, -0.1) is 0 Å². The lowest BCUT2D eigenvalue weighted by Crippen LogP contribution is -2.54. The normalized spacial score (nSPS) is 12.0. The number of aryl methyl sites for hydroxylation is 2. The van der Waals surface area contributed by atoms with Crippen LogP contribution in [0, 0.1) is 13.8 Å². The lowest BCUT2D eigenvalue weighted by Gasteiger charge is -2.34. The van der Waals surface area contributed by atoms with Crippen molar-refractivity contribution >= 4 is 43.5 Å². The average Bonchev–Trinajstić information content (AvgIpc) is 3.00. The minimum absolute atomic E-state index is 0.0730. The summed E-state index contributed by atoms with van der Waals surface area (Å²) < 4.78 is 30.2. The van der Waals surface area contributed by atoms with Gasteiger partial charge < -0.3 is 10.2 Å². The second kappa shape index (κ2) is 14.7. The zero-order valence-electron chi connectivity index (χ0n) is 25.4. The molecule has 0 aromatic heterocycles. The topological polar surface area (TPSA) is 86.8 Å². The predicted octanol–water partition coefficient (Wildman–Crippen LogP) is 6.43. The van der Waals surface area contributed by atoms with Crippen LogP contribution in [-0.2, 0) is 32.6 Å². The van der Waals surface area contributed by atoms with Crippen LogP contribution in [0.25, 0.3) is 0 Å². The first-order chi connectivity index (χ1) is 21.0.